The number of ether oxygens (including phenoxy) is 4. The summed E-state index contributed by atoms with van der Waals surface area (Å²) in [5.74, 6) is 0. The topological polar surface area (TPSA) is 57.2 Å². The van der Waals surface area contributed by atoms with E-state index >= 15 is 0 Å². The quantitative estimate of drug-likeness (QED) is 0.403. The lowest BCUT2D eigenvalue weighted by Gasteiger charge is -2.07. The lowest BCUT2D eigenvalue weighted by atomic mass is 10.7. The maximum absolute atomic E-state index is 8.43. The Morgan fingerprint density at radius 2 is 1.12 bits per heavy atom. The van der Waals surface area contributed by atoms with Crippen LogP contribution in [0, 0.1) is 0 Å². The summed E-state index contributed by atoms with van der Waals surface area (Å²) >= 11 is 10.9. The number of alkyl halides is 2. The minimum atomic E-state index is -0.489. The molecule has 0 bridgehead atoms. The zero-order valence-corrected chi connectivity index (χ0v) is 11.3. The van der Waals surface area contributed by atoms with Gasteiger partial charge in [-0.25, -0.2) is 0 Å². The van der Waals surface area contributed by atoms with Gasteiger partial charge in [-0.3, -0.25) is 0 Å². The SMILES string of the molecule is OCCOCCOCCOCCOCC(Cl)Cl. The molecule has 0 rings (SSSR count). The normalized spacial score (nSPS) is 11.3. The number of aliphatic hydroxyl groups excluding tert-OH is 1. The molecule has 0 aliphatic heterocycles. The molecule has 0 aliphatic rings. The van der Waals surface area contributed by atoms with E-state index in [1.165, 1.54) is 0 Å². The predicted molar refractivity (Wildman–Crippen MR) is 65.9 cm³/mol. The minimum Gasteiger partial charge on any atom is -0.394 e. The second-order valence-electron chi connectivity index (χ2n) is 3.03. The van der Waals surface area contributed by atoms with Gasteiger partial charge in [0.1, 0.15) is 4.84 Å². The molecule has 5 nitrogen and oxygen atoms in total. The smallest absolute Gasteiger partial charge is 0.131 e. The monoisotopic (exact) mass is 290 g/mol. The molecule has 0 saturated carbocycles. The van der Waals surface area contributed by atoms with Crippen molar-refractivity contribution in [3.8, 4) is 0 Å². The highest BCUT2D eigenvalue weighted by Crippen LogP contribution is 2.00. The molecule has 0 saturated heterocycles. The number of hydrogen-bond donors (Lipinski definition) is 1. The third kappa shape index (κ3) is 16.4. The highest BCUT2D eigenvalue weighted by molar-refractivity contribution is 6.44. The van der Waals surface area contributed by atoms with Gasteiger partial charge in [-0.15, -0.1) is 23.2 Å². The van der Waals surface area contributed by atoms with Gasteiger partial charge in [0.25, 0.3) is 0 Å². The Balaban J connectivity index is 2.89. The van der Waals surface area contributed by atoms with Crippen LogP contribution < -0.4 is 0 Å². The molecule has 0 aliphatic carbocycles. The van der Waals surface area contributed by atoms with Crippen molar-refractivity contribution in [2.45, 2.75) is 4.84 Å². The zero-order chi connectivity index (χ0) is 12.8. The number of hydrogen-bond acceptors (Lipinski definition) is 5. The summed E-state index contributed by atoms with van der Waals surface area (Å²) < 4.78 is 20.5. The standard InChI is InChI=1S/C10H20Cl2O5/c11-10(12)9-17-8-7-16-6-5-15-4-3-14-2-1-13/h10,13H,1-9H2. The van der Waals surface area contributed by atoms with Gasteiger partial charge < -0.3 is 24.1 Å². The van der Waals surface area contributed by atoms with Crippen molar-refractivity contribution >= 4 is 23.2 Å². The summed E-state index contributed by atoms with van der Waals surface area (Å²) in [5.41, 5.74) is 0. The third-order valence-corrected chi connectivity index (χ3v) is 1.85. The molecule has 0 spiro atoms. The summed E-state index contributed by atoms with van der Waals surface area (Å²) in [4.78, 5) is -0.489. The molecule has 1 N–H and O–H groups in total. The maximum Gasteiger partial charge on any atom is 0.131 e. The second-order valence-corrected chi connectivity index (χ2v) is 4.30. The van der Waals surface area contributed by atoms with Crippen molar-refractivity contribution in [2.24, 2.45) is 0 Å². The van der Waals surface area contributed by atoms with Crippen LogP contribution in [-0.2, 0) is 18.9 Å². The van der Waals surface area contributed by atoms with Crippen molar-refractivity contribution in [2.75, 3.05) is 59.5 Å². The van der Waals surface area contributed by atoms with Gasteiger partial charge in [0.15, 0.2) is 0 Å². The van der Waals surface area contributed by atoms with E-state index in [9.17, 15) is 0 Å². The summed E-state index contributed by atoms with van der Waals surface area (Å²) in [6, 6.07) is 0. The Labute approximate surface area is 112 Å². The zero-order valence-electron chi connectivity index (χ0n) is 9.78. The van der Waals surface area contributed by atoms with E-state index in [1.54, 1.807) is 0 Å². The molecule has 0 aromatic carbocycles. The fourth-order valence-corrected chi connectivity index (χ4v) is 1.07. The van der Waals surface area contributed by atoms with Gasteiger partial charge in [-0.2, -0.15) is 0 Å². The molecule has 0 amide bonds. The maximum atomic E-state index is 8.43. The first-order valence-electron chi connectivity index (χ1n) is 5.47. The van der Waals surface area contributed by atoms with E-state index in [4.69, 9.17) is 47.3 Å². The predicted octanol–water partition coefficient (Wildman–Crippen LogP) is 0.849. The van der Waals surface area contributed by atoms with E-state index in [0.29, 0.717) is 52.9 Å². The number of aliphatic hydroxyl groups is 1. The van der Waals surface area contributed by atoms with Crippen molar-refractivity contribution < 1.29 is 24.1 Å². The van der Waals surface area contributed by atoms with Gasteiger partial charge >= 0.3 is 0 Å². The van der Waals surface area contributed by atoms with E-state index in [-0.39, 0.29) is 6.61 Å². The molecule has 104 valence electrons. The van der Waals surface area contributed by atoms with Crippen LogP contribution in [0.15, 0.2) is 0 Å². The fraction of sp³-hybridized carbons (Fsp3) is 1.00. The van der Waals surface area contributed by atoms with Crippen molar-refractivity contribution in [1.82, 2.24) is 0 Å². The van der Waals surface area contributed by atoms with E-state index in [1.807, 2.05) is 0 Å². The molecule has 0 radical (unpaired) electrons. The van der Waals surface area contributed by atoms with Crippen LogP contribution in [0.3, 0.4) is 0 Å². The van der Waals surface area contributed by atoms with Gasteiger partial charge in [0.05, 0.1) is 59.5 Å². The highest BCUT2D eigenvalue weighted by Gasteiger charge is 1.97. The van der Waals surface area contributed by atoms with Crippen molar-refractivity contribution in [3.63, 3.8) is 0 Å². The molecule has 0 unspecified atom stereocenters. The third-order valence-electron chi connectivity index (χ3n) is 1.60. The average Bonchev–Trinajstić information content (AvgIpc) is 2.30. The van der Waals surface area contributed by atoms with Crippen molar-refractivity contribution in [1.29, 1.82) is 0 Å². The molecular formula is C10H20Cl2O5. The first-order valence-corrected chi connectivity index (χ1v) is 6.34. The van der Waals surface area contributed by atoms with Crippen LogP contribution in [0.4, 0.5) is 0 Å². The largest absolute Gasteiger partial charge is 0.394 e. The molecule has 0 atom stereocenters. The molecule has 7 heteroatoms. The van der Waals surface area contributed by atoms with Crippen LogP contribution >= 0.6 is 23.2 Å². The first kappa shape index (κ1) is 17.4. The van der Waals surface area contributed by atoms with Gasteiger partial charge in [-0.05, 0) is 0 Å². The summed E-state index contributed by atoms with van der Waals surface area (Å²) in [5, 5.41) is 8.43. The van der Waals surface area contributed by atoms with Crippen LogP contribution in [-0.4, -0.2) is 69.4 Å². The van der Waals surface area contributed by atoms with E-state index < -0.39 is 4.84 Å². The molecule has 0 fully saturated rings. The van der Waals surface area contributed by atoms with E-state index in [0.717, 1.165) is 0 Å². The summed E-state index contributed by atoms with van der Waals surface area (Å²) in [6.45, 7) is 3.65. The fourth-order valence-electron chi connectivity index (χ4n) is 0.897. The molecule has 0 aromatic rings. The Kier molecular flexibility index (Phi) is 14.8. The first-order chi connectivity index (χ1) is 8.27. The lowest BCUT2D eigenvalue weighted by molar-refractivity contribution is -0.00462. The number of halogens is 2. The van der Waals surface area contributed by atoms with Gasteiger partial charge in [-0.1, -0.05) is 0 Å². The summed E-state index contributed by atoms with van der Waals surface area (Å²) in [7, 11) is 0. The molecule has 17 heavy (non-hydrogen) atoms. The van der Waals surface area contributed by atoms with E-state index in [2.05, 4.69) is 0 Å². The second kappa shape index (κ2) is 14.4. The average molecular weight is 291 g/mol. The van der Waals surface area contributed by atoms with Crippen LogP contribution in [0.5, 0.6) is 0 Å². The van der Waals surface area contributed by atoms with Crippen molar-refractivity contribution in [3.05, 3.63) is 0 Å². The Morgan fingerprint density at radius 1 is 0.706 bits per heavy atom. The van der Waals surface area contributed by atoms with Gasteiger partial charge in [0.2, 0.25) is 0 Å². The lowest BCUT2D eigenvalue weighted by Crippen LogP contribution is -2.13. The highest BCUT2D eigenvalue weighted by atomic mass is 35.5. The minimum absolute atomic E-state index is 0.0363. The Morgan fingerprint density at radius 3 is 1.53 bits per heavy atom. The number of rotatable bonds is 13. The van der Waals surface area contributed by atoms with Crippen LogP contribution in [0.2, 0.25) is 0 Å². The van der Waals surface area contributed by atoms with Crippen LogP contribution in [0.1, 0.15) is 0 Å². The van der Waals surface area contributed by atoms with Crippen LogP contribution in [0.25, 0.3) is 0 Å². The Hall–Kier alpha value is 0.380. The Bertz CT molecular complexity index is 149. The summed E-state index contributed by atoms with van der Waals surface area (Å²) in [6.07, 6.45) is 0. The molecule has 0 heterocycles. The molecule has 0 aromatic heterocycles. The molecular weight excluding hydrogens is 271 g/mol. The van der Waals surface area contributed by atoms with Gasteiger partial charge in [0, 0.05) is 0 Å².